The number of anilines is 1. The highest BCUT2D eigenvalue weighted by atomic mass is 32.1. The zero-order chi connectivity index (χ0) is 19.3. The molecule has 0 bridgehead atoms. The summed E-state index contributed by atoms with van der Waals surface area (Å²) >= 11 is 0.982. The van der Waals surface area contributed by atoms with Crippen molar-refractivity contribution in [2.75, 3.05) is 19.0 Å². The third-order valence-electron chi connectivity index (χ3n) is 3.61. The first-order valence-electron chi connectivity index (χ1n) is 8.15. The maximum atomic E-state index is 12.5. The van der Waals surface area contributed by atoms with E-state index in [9.17, 15) is 14.4 Å². The lowest BCUT2D eigenvalue weighted by Crippen LogP contribution is -2.14. The average molecular weight is 379 g/mol. The number of methoxy groups -OCH3 is 1. The Balaban J connectivity index is 2.37. The van der Waals surface area contributed by atoms with Crippen LogP contribution < -0.4 is 5.32 Å². The topological polar surface area (TPSA) is 99.5 Å². The summed E-state index contributed by atoms with van der Waals surface area (Å²) in [6, 6.07) is 0. The van der Waals surface area contributed by atoms with Gasteiger partial charge in [-0.15, -0.1) is 11.3 Å². The van der Waals surface area contributed by atoms with Crippen molar-refractivity contribution in [1.29, 1.82) is 0 Å². The Morgan fingerprint density at radius 1 is 1.27 bits per heavy atom. The van der Waals surface area contributed by atoms with Gasteiger partial charge in [0.2, 0.25) is 0 Å². The van der Waals surface area contributed by atoms with Gasteiger partial charge in [0.15, 0.2) is 0 Å². The van der Waals surface area contributed by atoms with Crippen molar-refractivity contribution >= 4 is 34.2 Å². The first kappa shape index (κ1) is 19.6. The molecular weight excluding hydrogens is 358 g/mol. The van der Waals surface area contributed by atoms with E-state index in [2.05, 4.69) is 10.4 Å². The monoisotopic (exact) mass is 379 g/mol. The van der Waals surface area contributed by atoms with Crippen molar-refractivity contribution in [3.63, 3.8) is 0 Å². The Hall–Kier alpha value is -2.68. The number of esters is 2. The van der Waals surface area contributed by atoms with Crippen molar-refractivity contribution < 1.29 is 23.9 Å². The van der Waals surface area contributed by atoms with Crippen LogP contribution in [0.2, 0.25) is 0 Å². The van der Waals surface area contributed by atoms with E-state index in [1.165, 1.54) is 13.3 Å². The summed E-state index contributed by atoms with van der Waals surface area (Å²) < 4.78 is 11.5. The number of carbonyl (C=O) groups is 3. The number of ether oxygens (including phenoxy) is 2. The number of thiophene rings is 1. The smallest absolute Gasteiger partial charge is 0.348 e. The van der Waals surface area contributed by atoms with E-state index in [4.69, 9.17) is 9.47 Å². The van der Waals surface area contributed by atoms with E-state index in [-0.39, 0.29) is 22.0 Å². The van der Waals surface area contributed by atoms with Gasteiger partial charge < -0.3 is 14.8 Å². The SMILES string of the molecule is CCCOC(=O)c1c(NC(=O)c2cnn(CC)c2)sc(C(=O)OC)c1C. The lowest BCUT2D eigenvalue weighted by Gasteiger charge is -2.07. The molecule has 0 aliphatic carbocycles. The molecule has 0 aromatic carbocycles. The molecule has 0 unspecified atom stereocenters. The first-order chi connectivity index (χ1) is 12.4. The van der Waals surface area contributed by atoms with Gasteiger partial charge in [-0.3, -0.25) is 9.48 Å². The fourth-order valence-electron chi connectivity index (χ4n) is 2.23. The van der Waals surface area contributed by atoms with Crippen LogP contribution in [0.5, 0.6) is 0 Å². The predicted octanol–water partition coefficient (Wildman–Crippen LogP) is 2.88. The van der Waals surface area contributed by atoms with Gasteiger partial charge in [-0.05, 0) is 25.8 Å². The fraction of sp³-hybridized carbons (Fsp3) is 0.412. The van der Waals surface area contributed by atoms with Crippen molar-refractivity contribution in [1.82, 2.24) is 9.78 Å². The zero-order valence-electron chi connectivity index (χ0n) is 15.1. The molecule has 0 aliphatic heterocycles. The molecule has 26 heavy (non-hydrogen) atoms. The largest absolute Gasteiger partial charge is 0.465 e. The standard InChI is InChI=1S/C17H21N3O5S/c1-5-7-25-16(22)12-10(3)13(17(23)24-4)26-15(12)19-14(21)11-8-18-20(6-2)9-11/h8-9H,5-7H2,1-4H3,(H,19,21). The van der Waals surface area contributed by atoms with Crippen LogP contribution in [0.1, 0.15) is 56.2 Å². The van der Waals surface area contributed by atoms with Crippen LogP contribution in [0.25, 0.3) is 0 Å². The molecule has 0 saturated carbocycles. The van der Waals surface area contributed by atoms with Gasteiger partial charge >= 0.3 is 11.9 Å². The number of hydrogen-bond acceptors (Lipinski definition) is 7. The Morgan fingerprint density at radius 2 is 2.00 bits per heavy atom. The molecule has 0 aliphatic rings. The Labute approximate surface area is 155 Å². The van der Waals surface area contributed by atoms with Gasteiger partial charge in [0.25, 0.3) is 5.91 Å². The van der Waals surface area contributed by atoms with Gasteiger partial charge in [-0.1, -0.05) is 6.92 Å². The summed E-state index contributed by atoms with van der Waals surface area (Å²) in [5, 5.41) is 6.98. The number of rotatable bonds is 7. The number of aromatic nitrogens is 2. The minimum absolute atomic E-state index is 0.167. The van der Waals surface area contributed by atoms with E-state index in [1.54, 1.807) is 17.8 Å². The number of aryl methyl sites for hydroxylation is 1. The molecule has 0 atom stereocenters. The summed E-state index contributed by atoms with van der Waals surface area (Å²) in [5.74, 6) is -1.58. The molecule has 2 heterocycles. The molecule has 2 aromatic heterocycles. The van der Waals surface area contributed by atoms with Crippen LogP contribution in [0.4, 0.5) is 5.00 Å². The highest BCUT2D eigenvalue weighted by Crippen LogP contribution is 2.34. The van der Waals surface area contributed by atoms with Crippen LogP contribution in [0.15, 0.2) is 12.4 Å². The first-order valence-corrected chi connectivity index (χ1v) is 8.97. The van der Waals surface area contributed by atoms with E-state index in [0.29, 0.717) is 24.1 Å². The molecule has 2 aromatic rings. The normalized spacial score (nSPS) is 10.5. The number of hydrogen-bond donors (Lipinski definition) is 1. The minimum Gasteiger partial charge on any atom is -0.465 e. The number of nitrogens with one attached hydrogen (secondary N) is 1. The van der Waals surface area contributed by atoms with E-state index in [1.807, 2.05) is 13.8 Å². The van der Waals surface area contributed by atoms with Crippen molar-refractivity contribution in [3.8, 4) is 0 Å². The number of carbonyl (C=O) groups excluding carboxylic acids is 3. The van der Waals surface area contributed by atoms with E-state index < -0.39 is 17.8 Å². The minimum atomic E-state index is -0.588. The molecule has 0 spiro atoms. The summed E-state index contributed by atoms with van der Waals surface area (Å²) in [5.41, 5.74) is 0.938. The Kier molecular flexibility index (Phi) is 6.51. The van der Waals surface area contributed by atoms with Crippen LogP contribution >= 0.6 is 11.3 Å². The highest BCUT2D eigenvalue weighted by Gasteiger charge is 2.27. The second-order valence-corrected chi connectivity index (χ2v) is 6.45. The van der Waals surface area contributed by atoms with Gasteiger partial charge in [0.1, 0.15) is 9.88 Å². The predicted molar refractivity (Wildman–Crippen MR) is 96.8 cm³/mol. The molecule has 9 heteroatoms. The zero-order valence-corrected chi connectivity index (χ0v) is 15.9. The fourth-order valence-corrected chi connectivity index (χ4v) is 3.34. The Bertz CT molecular complexity index is 824. The number of amides is 1. The molecule has 1 amide bonds. The molecule has 0 fully saturated rings. The molecule has 0 saturated heterocycles. The lowest BCUT2D eigenvalue weighted by molar-refractivity contribution is 0.0506. The summed E-state index contributed by atoms with van der Waals surface area (Å²) in [6.45, 7) is 6.28. The quantitative estimate of drug-likeness (QED) is 0.743. The third kappa shape index (κ3) is 4.10. The Morgan fingerprint density at radius 3 is 2.58 bits per heavy atom. The molecular formula is C17H21N3O5S. The molecule has 1 N–H and O–H groups in total. The van der Waals surface area contributed by atoms with Crippen LogP contribution in [-0.2, 0) is 16.0 Å². The van der Waals surface area contributed by atoms with Gasteiger partial charge in [0, 0.05) is 12.7 Å². The highest BCUT2D eigenvalue weighted by molar-refractivity contribution is 7.18. The van der Waals surface area contributed by atoms with Gasteiger partial charge in [-0.2, -0.15) is 5.10 Å². The summed E-state index contributed by atoms with van der Waals surface area (Å²) in [4.78, 5) is 37.1. The van der Waals surface area contributed by atoms with Gasteiger partial charge in [-0.25, -0.2) is 9.59 Å². The van der Waals surface area contributed by atoms with E-state index in [0.717, 1.165) is 11.3 Å². The van der Waals surface area contributed by atoms with Crippen LogP contribution in [0.3, 0.4) is 0 Å². The van der Waals surface area contributed by atoms with Crippen molar-refractivity contribution in [3.05, 3.63) is 34.0 Å². The molecule has 0 radical (unpaired) electrons. The van der Waals surface area contributed by atoms with E-state index >= 15 is 0 Å². The van der Waals surface area contributed by atoms with Gasteiger partial charge in [0.05, 0.1) is 31.0 Å². The molecule has 140 valence electrons. The van der Waals surface area contributed by atoms with Crippen LogP contribution in [-0.4, -0.2) is 41.3 Å². The second kappa shape index (κ2) is 8.61. The number of nitrogens with zero attached hydrogens (tertiary/aromatic N) is 2. The lowest BCUT2D eigenvalue weighted by atomic mass is 10.1. The van der Waals surface area contributed by atoms with Crippen molar-refractivity contribution in [2.24, 2.45) is 0 Å². The molecule has 2 rings (SSSR count). The summed E-state index contributed by atoms with van der Waals surface area (Å²) in [6.07, 6.45) is 3.71. The van der Waals surface area contributed by atoms with Crippen LogP contribution in [0, 0.1) is 6.92 Å². The maximum absolute atomic E-state index is 12.5. The average Bonchev–Trinajstić information content (AvgIpc) is 3.24. The second-order valence-electron chi connectivity index (χ2n) is 5.43. The van der Waals surface area contributed by atoms with Crippen molar-refractivity contribution in [2.45, 2.75) is 33.7 Å². The molecule has 8 nitrogen and oxygen atoms in total. The maximum Gasteiger partial charge on any atom is 0.348 e. The third-order valence-corrected chi connectivity index (χ3v) is 4.79. The summed E-state index contributed by atoms with van der Waals surface area (Å²) in [7, 11) is 1.26.